The molecule has 5 heteroatoms. The average Bonchev–Trinajstić information content (AvgIpc) is 2.73. The van der Waals surface area contributed by atoms with E-state index in [0.717, 1.165) is 0 Å². The summed E-state index contributed by atoms with van der Waals surface area (Å²) in [6.07, 6.45) is -0.969. The summed E-state index contributed by atoms with van der Waals surface area (Å²) in [5.74, 6) is -0.109. The van der Waals surface area contributed by atoms with Gasteiger partial charge < -0.3 is 24.5 Å². The van der Waals surface area contributed by atoms with E-state index in [4.69, 9.17) is 9.47 Å². The summed E-state index contributed by atoms with van der Waals surface area (Å²) < 4.78 is 10.4. The molecule has 1 atom stereocenters. The van der Waals surface area contributed by atoms with E-state index in [9.17, 15) is 15.0 Å². The highest BCUT2D eigenvalue weighted by Gasteiger charge is 2.21. The van der Waals surface area contributed by atoms with Crippen molar-refractivity contribution < 1.29 is 24.5 Å². The van der Waals surface area contributed by atoms with Gasteiger partial charge in [0, 0.05) is 11.5 Å². The normalized spacial score (nSPS) is 14.8. The molecular weight excluding hydrogens is 212 g/mol. The van der Waals surface area contributed by atoms with Crippen LogP contribution in [-0.4, -0.2) is 17.9 Å². The first kappa shape index (κ1) is 10.8. The van der Waals surface area contributed by atoms with E-state index < -0.39 is 12.1 Å². The molecule has 1 N–H and O–H groups in total. The van der Waals surface area contributed by atoms with Gasteiger partial charge in [-0.3, -0.25) is 0 Å². The van der Waals surface area contributed by atoms with Crippen molar-refractivity contribution >= 4 is 5.97 Å². The van der Waals surface area contributed by atoms with Crippen LogP contribution in [0.1, 0.15) is 24.5 Å². The predicted octanol–water partition coefficient (Wildman–Crippen LogP) is -0.0212. The van der Waals surface area contributed by atoms with E-state index in [0.29, 0.717) is 17.1 Å². The van der Waals surface area contributed by atoms with Crippen molar-refractivity contribution in [1.82, 2.24) is 0 Å². The number of benzene rings is 1. The summed E-state index contributed by atoms with van der Waals surface area (Å²) in [7, 11) is 0. The quantitative estimate of drug-likeness (QED) is 0.776. The van der Waals surface area contributed by atoms with Gasteiger partial charge in [0.25, 0.3) is 0 Å². The number of para-hydroxylation sites is 1. The molecule has 5 nitrogen and oxygen atoms in total. The molecule has 0 fully saturated rings. The lowest BCUT2D eigenvalue weighted by atomic mass is 10.0. The number of carboxylic acids is 1. The summed E-state index contributed by atoms with van der Waals surface area (Å²) in [5.41, 5.74) is 0.552. The minimum Gasteiger partial charge on any atom is -0.550 e. The van der Waals surface area contributed by atoms with Gasteiger partial charge in [-0.25, -0.2) is 0 Å². The standard InChI is InChI=1S/C11H12O5/c12-8(4-5-10(13)14)7-2-1-3-9-11(7)16-6-15-9/h1-3,8,12H,4-6H2,(H,13,14)/p-1. The third kappa shape index (κ3) is 2.09. The zero-order chi connectivity index (χ0) is 11.5. The van der Waals surface area contributed by atoms with E-state index in [-0.39, 0.29) is 19.6 Å². The van der Waals surface area contributed by atoms with E-state index in [1.165, 1.54) is 0 Å². The highest BCUT2D eigenvalue weighted by molar-refractivity contribution is 5.64. The van der Waals surface area contributed by atoms with E-state index in [1.807, 2.05) is 0 Å². The van der Waals surface area contributed by atoms with E-state index in [2.05, 4.69) is 0 Å². The third-order valence-corrected chi connectivity index (χ3v) is 2.41. The smallest absolute Gasteiger partial charge is 0.231 e. The van der Waals surface area contributed by atoms with Gasteiger partial charge in [0.05, 0.1) is 6.10 Å². The molecule has 0 radical (unpaired) electrons. The Hall–Kier alpha value is -1.75. The van der Waals surface area contributed by atoms with E-state index >= 15 is 0 Å². The molecule has 86 valence electrons. The first-order chi connectivity index (χ1) is 7.68. The number of carboxylic acid groups (broad SMARTS) is 1. The Morgan fingerprint density at radius 2 is 2.31 bits per heavy atom. The Kier molecular flexibility index (Phi) is 2.96. The number of carbonyl (C=O) groups excluding carboxylic acids is 1. The van der Waals surface area contributed by atoms with Crippen LogP contribution in [0.4, 0.5) is 0 Å². The van der Waals surface area contributed by atoms with Gasteiger partial charge in [0.15, 0.2) is 11.5 Å². The van der Waals surface area contributed by atoms with Crippen LogP contribution in [0.5, 0.6) is 11.5 Å². The molecule has 0 saturated heterocycles. The maximum atomic E-state index is 10.3. The van der Waals surface area contributed by atoms with Gasteiger partial charge >= 0.3 is 0 Å². The van der Waals surface area contributed by atoms with Crippen molar-refractivity contribution in [2.24, 2.45) is 0 Å². The second-order valence-corrected chi connectivity index (χ2v) is 3.51. The average molecular weight is 223 g/mol. The molecule has 1 heterocycles. The summed E-state index contributed by atoms with van der Waals surface area (Å²) in [4.78, 5) is 10.3. The maximum absolute atomic E-state index is 10.3. The van der Waals surface area contributed by atoms with Crippen molar-refractivity contribution in [3.8, 4) is 11.5 Å². The number of aliphatic hydroxyl groups is 1. The molecule has 0 spiro atoms. The Balaban J connectivity index is 2.14. The fourth-order valence-corrected chi connectivity index (χ4v) is 1.63. The molecule has 1 aliphatic rings. The van der Waals surface area contributed by atoms with Gasteiger partial charge in [0.2, 0.25) is 6.79 Å². The molecule has 0 amide bonds. The number of carbonyl (C=O) groups is 1. The van der Waals surface area contributed by atoms with Gasteiger partial charge in [-0.2, -0.15) is 0 Å². The highest BCUT2D eigenvalue weighted by Crippen LogP contribution is 2.39. The molecule has 1 unspecified atom stereocenters. The zero-order valence-electron chi connectivity index (χ0n) is 8.51. The first-order valence-electron chi connectivity index (χ1n) is 4.95. The number of aliphatic carboxylic acids is 1. The molecule has 16 heavy (non-hydrogen) atoms. The van der Waals surface area contributed by atoms with Crippen molar-refractivity contribution in [2.45, 2.75) is 18.9 Å². The summed E-state index contributed by atoms with van der Waals surface area (Å²) in [5, 5.41) is 20.1. The van der Waals surface area contributed by atoms with Crippen molar-refractivity contribution in [3.05, 3.63) is 23.8 Å². The summed E-state index contributed by atoms with van der Waals surface area (Å²) >= 11 is 0. The molecule has 1 aromatic carbocycles. The molecule has 0 aromatic heterocycles. The lowest BCUT2D eigenvalue weighted by molar-refractivity contribution is -0.306. The van der Waals surface area contributed by atoms with Crippen molar-refractivity contribution in [3.63, 3.8) is 0 Å². The van der Waals surface area contributed by atoms with Crippen molar-refractivity contribution in [1.29, 1.82) is 0 Å². The third-order valence-electron chi connectivity index (χ3n) is 2.41. The topological polar surface area (TPSA) is 78.8 Å². The molecular formula is C11H11O5-. The molecule has 0 aliphatic carbocycles. The van der Waals surface area contributed by atoms with Crippen LogP contribution in [0.25, 0.3) is 0 Å². The number of ether oxygens (including phenoxy) is 2. The molecule has 0 bridgehead atoms. The molecule has 0 saturated carbocycles. The number of hydrogen-bond acceptors (Lipinski definition) is 5. The van der Waals surface area contributed by atoms with Crippen LogP contribution < -0.4 is 14.6 Å². The number of hydrogen-bond donors (Lipinski definition) is 1. The number of fused-ring (bicyclic) bond motifs is 1. The minimum atomic E-state index is -1.18. The zero-order valence-corrected chi connectivity index (χ0v) is 8.51. The van der Waals surface area contributed by atoms with Gasteiger partial charge in [-0.15, -0.1) is 0 Å². The summed E-state index contributed by atoms with van der Waals surface area (Å²) in [6.45, 7) is 0.125. The minimum absolute atomic E-state index is 0.0994. The van der Waals surface area contributed by atoms with Crippen LogP contribution in [0.15, 0.2) is 18.2 Å². The second-order valence-electron chi connectivity index (χ2n) is 3.51. The monoisotopic (exact) mass is 223 g/mol. The van der Waals surface area contributed by atoms with Crippen molar-refractivity contribution in [2.75, 3.05) is 6.79 Å². The van der Waals surface area contributed by atoms with Gasteiger partial charge in [-0.05, 0) is 18.9 Å². The lowest BCUT2D eigenvalue weighted by Crippen LogP contribution is -2.22. The fourth-order valence-electron chi connectivity index (χ4n) is 1.63. The SMILES string of the molecule is O=C([O-])CCC(O)c1cccc2c1OCO2. The molecule has 1 aromatic rings. The maximum Gasteiger partial charge on any atom is 0.231 e. The van der Waals surface area contributed by atoms with Crippen LogP contribution in [0, 0.1) is 0 Å². The first-order valence-corrected chi connectivity index (χ1v) is 4.95. The number of rotatable bonds is 4. The van der Waals surface area contributed by atoms with Crippen LogP contribution >= 0.6 is 0 Å². The Morgan fingerprint density at radius 3 is 3.06 bits per heavy atom. The Bertz CT molecular complexity index is 401. The highest BCUT2D eigenvalue weighted by atomic mass is 16.7. The summed E-state index contributed by atoms with van der Waals surface area (Å²) in [6, 6.07) is 5.15. The second kappa shape index (κ2) is 4.40. The lowest BCUT2D eigenvalue weighted by Gasteiger charge is -2.13. The Morgan fingerprint density at radius 1 is 1.50 bits per heavy atom. The van der Waals surface area contributed by atoms with Gasteiger partial charge in [0.1, 0.15) is 0 Å². The van der Waals surface area contributed by atoms with Crippen LogP contribution in [0.2, 0.25) is 0 Å². The molecule has 1 aliphatic heterocycles. The van der Waals surface area contributed by atoms with Crippen LogP contribution in [-0.2, 0) is 4.79 Å². The van der Waals surface area contributed by atoms with Crippen LogP contribution in [0.3, 0.4) is 0 Å². The fraction of sp³-hybridized carbons (Fsp3) is 0.364. The van der Waals surface area contributed by atoms with Gasteiger partial charge in [-0.1, -0.05) is 12.1 Å². The predicted molar refractivity (Wildman–Crippen MR) is 51.8 cm³/mol. The molecule has 2 rings (SSSR count). The number of aliphatic hydroxyl groups excluding tert-OH is 1. The Labute approximate surface area is 92.2 Å². The van der Waals surface area contributed by atoms with E-state index in [1.54, 1.807) is 18.2 Å². The largest absolute Gasteiger partial charge is 0.550 e.